The van der Waals surface area contributed by atoms with Crippen molar-refractivity contribution in [2.75, 3.05) is 0 Å². The Morgan fingerprint density at radius 1 is 0.483 bits per heavy atom. The molecule has 0 saturated heterocycles. The summed E-state index contributed by atoms with van der Waals surface area (Å²) in [6, 6.07) is 4.85. The molecule has 0 amide bonds. The molecule has 0 aromatic heterocycles. The molecule has 1 heteroatoms. The van der Waals surface area contributed by atoms with E-state index in [1.165, 1.54) is 128 Å². The molecule has 1 atom stereocenters. The first kappa shape index (κ1) is 29.0. The van der Waals surface area contributed by atoms with Gasteiger partial charge in [0, 0.05) is 0 Å². The zero-order valence-corrected chi connectivity index (χ0v) is 22.0. The first-order chi connectivity index (χ1) is 14.2. The van der Waals surface area contributed by atoms with Crippen molar-refractivity contribution in [3.05, 3.63) is 12.7 Å². The molecule has 0 bridgehead atoms. The van der Waals surface area contributed by atoms with Crippen LogP contribution in [0.15, 0.2) is 12.7 Å². The Hall–Kier alpha value is -0.0431. The molecule has 0 spiro atoms. The molecule has 0 radical (unpaired) electrons. The summed E-state index contributed by atoms with van der Waals surface area (Å²) in [5.74, 6) is 0. The van der Waals surface area contributed by atoms with Crippen LogP contribution in [-0.2, 0) is 0 Å². The van der Waals surface area contributed by atoms with Crippen molar-refractivity contribution in [2.45, 2.75) is 167 Å². The van der Waals surface area contributed by atoms with Crippen molar-refractivity contribution in [1.29, 1.82) is 0 Å². The van der Waals surface area contributed by atoms with Crippen LogP contribution in [0.1, 0.15) is 142 Å². The van der Waals surface area contributed by atoms with Crippen LogP contribution in [0.2, 0.25) is 24.7 Å². The van der Waals surface area contributed by atoms with E-state index in [-0.39, 0.29) is 0 Å². The molecule has 29 heavy (non-hydrogen) atoms. The van der Waals surface area contributed by atoms with Gasteiger partial charge in [0.1, 0.15) is 0 Å². The lowest BCUT2D eigenvalue weighted by Crippen LogP contribution is -2.29. The molecule has 0 nitrogen and oxygen atoms in total. The normalized spacial score (nSPS) is 13.5. The van der Waals surface area contributed by atoms with E-state index in [1.807, 2.05) is 0 Å². The maximum atomic E-state index is 3.83. The van der Waals surface area contributed by atoms with E-state index >= 15 is 0 Å². The summed E-state index contributed by atoms with van der Waals surface area (Å²) in [6.07, 6.45) is 31.1. The van der Waals surface area contributed by atoms with Gasteiger partial charge in [-0.05, 0) is 12.8 Å². The van der Waals surface area contributed by atoms with E-state index in [1.54, 1.807) is 18.1 Å². The Balaban J connectivity index is 4.03. The standard InChI is InChI=1S/C28H58Si/c1-5-8-11-14-17-19-22-25-28-29(4,26-23-20-16-13-10-7-3)27-24-21-18-15-12-9-6-2/h5H,1,6-28H2,2-4H3. The third kappa shape index (κ3) is 21.0. The SMILES string of the molecule is C=CCCCCCCCC[Si](C)(CCCCCCCC)CCCCCCCCC. The van der Waals surface area contributed by atoms with Crippen molar-refractivity contribution in [3.63, 3.8) is 0 Å². The Bertz CT molecular complexity index is 324. The molecule has 0 N–H and O–H groups in total. The summed E-state index contributed by atoms with van der Waals surface area (Å²) < 4.78 is 0. The van der Waals surface area contributed by atoms with E-state index in [0.29, 0.717) is 0 Å². The second-order valence-electron chi connectivity index (χ2n) is 10.1. The lowest BCUT2D eigenvalue weighted by atomic mass is 10.1. The zero-order valence-electron chi connectivity index (χ0n) is 21.0. The zero-order chi connectivity index (χ0) is 21.5. The number of hydrogen-bond donors (Lipinski definition) is 0. The van der Waals surface area contributed by atoms with Crippen LogP contribution >= 0.6 is 0 Å². The van der Waals surface area contributed by atoms with Crippen LogP contribution < -0.4 is 0 Å². The van der Waals surface area contributed by atoms with Gasteiger partial charge in [-0.3, -0.25) is 0 Å². The van der Waals surface area contributed by atoms with Crippen LogP contribution in [0.5, 0.6) is 0 Å². The molecule has 0 aromatic rings. The van der Waals surface area contributed by atoms with Crippen LogP contribution in [0.4, 0.5) is 0 Å². The second-order valence-corrected chi connectivity index (χ2v) is 15.3. The van der Waals surface area contributed by atoms with Crippen molar-refractivity contribution in [3.8, 4) is 0 Å². The molecule has 0 aliphatic carbocycles. The van der Waals surface area contributed by atoms with Gasteiger partial charge in [-0.1, -0.05) is 160 Å². The second kappa shape index (κ2) is 22.6. The molecule has 0 saturated carbocycles. The highest BCUT2D eigenvalue weighted by Gasteiger charge is 2.25. The Labute approximate surface area is 187 Å². The quantitative estimate of drug-likeness (QED) is 0.0823. The van der Waals surface area contributed by atoms with E-state index in [9.17, 15) is 0 Å². The number of hydrogen-bond acceptors (Lipinski definition) is 0. The van der Waals surface area contributed by atoms with Crippen molar-refractivity contribution in [2.24, 2.45) is 0 Å². The molecular weight excluding hydrogens is 364 g/mol. The van der Waals surface area contributed by atoms with Crippen LogP contribution in [0.25, 0.3) is 0 Å². The summed E-state index contributed by atoms with van der Waals surface area (Å²) in [4.78, 5) is 0. The average Bonchev–Trinajstić information content (AvgIpc) is 2.72. The molecular formula is C28H58Si. The molecule has 0 fully saturated rings. The number of rotatable bonds is 24. The summed E-state index contributed by atoms with van der Waals surface area (Å²) in [5, 5.41) is 0. The topological polar surface area (TPSA) is 0 Å². The van der Waals surface area contributed by atoms with Crippen molar-refractivity contribution >= 4 is 8.07 Å². The molecule has 0 aliphatic heterocycles. The van der Waals surface area contributed by atoms with Gasteiger partial charge in [-0.25, -0.2) is 0 Å². The fraction of sp³-hybridized carbons (Fsp3) is 0.929. The molecule has 1 unspecified atom stereocenters. The fourth-order valence-corrected chi connectivity index (χ4v) is 8.82. The first-order valence-corrected chi connectivity index (χ1v) is 16.9. The third-order valence-corrected chi connectivity index (χ3v) is 11.6. The molecule has 174 valence electrons. The third-order valence-electron chi connectivity index (χ3n) is 6.96. The van der Waals surface area contributed by atoms with Gasteiger partial charge in [-0.15, -0.1) is 6.58 Å². The molecule has 0 heterocycles. The number of allylic oxidation sites excluding steroid dienone is 1. The Morgan fingerprint density at radius 3 is 1.14 bits per heavy atom. The highest BCUT2D eigenvalue weighted by molar-refractivity contribution is 6.78. The van der Waals surface area contributed by atoms with Gasteiger partial charge in [0.25, 0.3) is 0 Å². The fourth-order valence-electron chi connectivity index (χ4n) is 4.76. The minimum Gasteiger partial charge on any atom is -0.103 e. The van der Waals surface area contributed by atoms with Gasteiger partial charge < -0.3 is 0 Å². The minimum atomic E-state index is -0.988. The predicted octanol–water partition coefficient (Wildman–Crippen LogP) is 11.1. The van der Waals surface area contributed by atoms with E-state index in [4.69, 9.17) is 0 Å². The Kier molecular flexibility index (Phi) is 22.6. The van der Waals surface area contributed by atoms with E-state index in [2.05, 4.69) is 33.0 Å². The van der Waals surface area contributed by atoms with Gasteiger partial charge in [0.05, 0.1) is 8.07 Å². The largest absolute Gasteiger partial charge is 0.103 e. The molecule has 0 aromatic carbocycles. The van der Waals surface area contributed by atoms with Crippen molar-refractivity contribution in [1.82, 2.24) is 0 Å². The van der Waals surface area contributed by atoms with Gasteiger partial charge >= 0.3 is 0 Å². The van der Waals surface area contributed by atoms with Gasteiger partial charge in [0.2, 0.25) is 0 Å². The maximum Gasteiger partial charge on any atom is 0.0504 e. The van der Waals surface area contributed by atoms with Crippen LogP contribution in [-0.4, -0.2) is 8.07 Å². The van der Waals surface area contributed by atoms with Gasteiger partial charge in [-0.2, -0.15) is 0 Å². The Morgan fingerprint density at radius 2 is 0.793 bits per heavy atom. The maximum absolute atomic E-state index is 3.83. The van der Waals surface area contributed by atoms with E-state index in [0.717, 1.165) is 0 Å². The summed E-state index contributed by atoms with van der Waals surface area (Å²) in [5.41, 5.74) is 0. The number of unbranched alkanes of at least 4 members (excludes halogenated alkanes) is 17. The molecule has 0 rings (SSSR count). The summed E-state index contributed by atoms with van der Waals surface area (Å²) >= 11 is 0. The lowest BCUT2D eigenvalue weighted by molar-refractivity contribution is 0.594. The van der Waals surface area contributed by atoms with Gasteiger partial charge in [0.15, 0.2) is 0 Å². The van der Waals surface area contributed by atoms with Crippen LogP contribution in [0.3, 0.4) is 0 Å². The first-order valence-electron chi connectivity index (χ1n) is 13.8. The average molecular weight is 423 g/mol. The highest BCUT2D eigenvalue weighted by atomic mass is 28.3. The predicted molar refractivity (Wildman–Crippen MR) is 140 cm³/mol. The van der Waals surface area contributed by atoms with Crippen LogP contribution in [0, 0.1) is 0 Å². The van der Waals surface area contributed by atoms with Crippen molar-refractivity contribution < 1.29 is 0 Å². The summed E-state index contributed by atoms with van der Waals surface area (Å²) in [7, 11) is -0.988. The smallest absolute Gasteiger partial charge is 0.0504 e. The summed E-state index contributed by atoms with van der Waals surface area (Å²) in [6.45, 7) is 11.2. The lowest BCUT2D eigenvalue weighted by Gasteiger charge is -2.28. The highest BCUT2D eigenvalue weighted by Crippen LogP contribution is 2.29. The monoisotopic (exact) mass is 422 g/mol. The molecule has 0 aliphatic rings. The van der Waals surface area contributed by atoms with E-state index < -0.39 is 8.07 Å². The minimum absolute atomic E-state index is 0.988.